The average Bonchev–Trinajstić information content (AvgIpc) is 2.42. The number of hydrogen-bond donors (Lipinski definition) is 0. The lowest BCUT2D eigenvalue weighted by Crippen LogP contribution is -2.39. The van der Waals surface area contributed by atoms with Crippen molar-refractivity contribution in [2.24, 2.45) is 0 Å². The number of benzene rings is 1. The van der Waals surface area contributed by atoms with Crippen LogP contribution in [0.25, 0.3) is 0 Å². The van der Waals surface area contributed by atoms with E-state index >= 15 is 0 Å². The van der Waals surface area contributed by atoms with E-state index in [9.17, 15) is 4.79 Å². The fraction of sp³-hybridized carbons (Fsp3) is 0.588. The number of carbonyl (C=O) groups excluding carboxylic acids is 1. The molecule has 1 aromatic rings. The molecular weight excluding hydrogens is 286 g/mol. The largest absolute Gasteiger partial charge is 0.491 e. The molecule has 0 amide bonds. The maximum absolute atomic E-state index is 11.9. The van der Waals surface area contributed by atoms with E-state index in [0.29, 0.717) is 36.4 Å². The van der Waals surface area contributed by atoms with E-state index in [1.165, 1.54) is 0 Å². The SMILES string of the molecule is CCC(=O)c1ccccc1OCCN(C(C)C)C(C)C.Cl. The van der Waals surface area contributed by atoms with Gasteiger partial charge in [-0.15, -0.1) is 12.4 Å². The van der Waals surface area contributed by atoms with Gasteiger partial charge < -0.3 is 4.74 Å². The lowest BCUT2D eigenvalue weighted by molar-refractivity contribution is 0.0981. The normalized spacial score (nSPS) is 10.9. The van der Waals surface area contributed by atoms with Crippen LogP contribution in [0.3, 0.4) is 0 Å². The van der Waals surface area contributed by atoms with Gasteiger partial charge in [-0.1, -0.05) is 19.1 Å². The molecule has 0 fully saturated rings. The number of Topliss-reactive ketones (excluding diaryl/α,β-unsaturated/α-hetero) is 1. The number of carbonyl (C=O) groups is 1. The van der Waals surface area contributed by atoms with E-state index in [1.54, 1.807) is 0 Å². The minimum atomic E-state index is 0. The zero-order chi connectivity index (χ0) is 15.1. The van der Waals surface area contributed by atoms with E-state index in [0.717, 1.165) is 6.54 Å². The zero-order valence-electron chi connectivity index (χ0n) is 13.8. The lowest BCUT2D eigenvalue weighted by Gasteiger charge is -2.30. The molecule has 0 spiro atoms. The third-order valence-electron chi connectivity index (χ3n) is 3.44. The summed E-state index contributed by atoms with van der Waals surface area (Å²) in [5.74, 6) is 0.831. The Morgan fingerprint density at radius 3 is 2.24 bits per heavy atom. The average molecular weight is 314 g/mol. The van der Waals surface area contributed by atoms with Crippen molar-refractivity contribution in [1.29, 1.82) is 0 Å². The molecule has 3 nitrogen and oxygen atoms in total. The fourth-order valence-electron chi connectivity index (χ4n) is 2.39. The number of ether oxygens (including phenoxy) is 1. The molecule has 120 valence electrons. The molecule has 0 aromatic heterocycles. The summed E-state index contributed by atoms with van der Waals surface area (Å²) in [4.78, 5) is 14.2. The predicted octanol–water partition coefficient (Wildman–Crippen LogP) is 4.20. The molecule has 4 heteroatoms. The van der Waals surface area contributed by atoms with E-state index < -0.39 is 0 Å². The summed E-state index contributed by atoms with van der Waals surface area (Å²) in [6.07, 6.45) is 0.504. The van der Waals surface area contributed by atoms with Crippen molar-refractivity contribution < 1.29 is 9.53 Å². The number of nitrogens with zero attached hydrogens (tertiary/aromatic N) is 1. The summed E-state index contributed by atoms with van der Waals surface area (Å²) in [5.41, 5.74) is 0.690. The van der Waals surface area contributed by atoms with Gasteiger partial charge in [0.2, 0.25) is 0 Å². The second kappa shape index (κ2) is 9.80. The Morgan fingerprint density at radius 2 is 1.71 bits per heavy atom. The van der Waals surface area contributed by atoms with Crippen molar-refractivity contribution in [3.05, 3.63) is 29.8 Å². The van der Waals surface area contributed by atoms with Gasteiger partial charge in [-0.05, 0) is 39.8 Å². The summed E-state index contributed by atoms with van der Waals surface area (Å²) < 4.78 is 5.83. The van der Waals surface area contributed by atoms with Gasteiger partial charge in [0.25, 0.3) is 0 Å². The van der Waals surface area contributed by atoms with Gasteiger partial charge >= 0.3 is 0 Å². The van der Waals surface area contributed by atoms with Gasteiger partial charge in [0, 0.05) is 25.0 Å². The number of para-hydroxylation sites is 1. The summed E-state index contributed by atoms with van der Waals surface area (Å²) in [5, 5.41) is 0. The molecule has 0 aliphatic rings. The third kappa shape index (κ3) is 6.06. The van der Waals surface area contributed by atoms with Crippen LogP contribution in [0.15, 0.2) is 24.3 Å². The minimum Gasteiger partial charge on any atom is -0.491 e. The van der Waals surface area contributed by atoms with Crippen molar-refractivity contribution >= 4 is 18.2 Å². The summed E-state index contributed by atoms with van der Waals surface area (Å²) in [6, 6.07) is 8.48. The highest BCUT2D eigenvalue weighted by atomic mass is 35.5. The second-order valence-electron chi connectivity index (χ2n) is 5.55. The van der Waals surface area contributed by atoms with E-state index in [4.69, 9.17) is 4.74 Å². The molecule has 0 heterocycles. The molecule has 0 aliphatic carbocycles. The van der Waals surface area contributed by atoms with Crippen molar-refractivity contribution in [1.82, 2.24) is 4.90 Å². The molecule has 0 saturated heterocycles. The third-order valence-corrected chi connectivity index (χ3v) is 3.44. The Balaban J connectivity index is 0.00000400. The van der Waals surface area contributed by atoms with Gasteiger partial charge in [0.15, 0.2) is 5.78 Å². The first-order valence-corrected chi connectivity index (χ1v) is 7.48. The number of ketones is 1. The smallest absolute Gasteiger partial charge is 0.166 e. The first-order valence-electron chi connectivity index (χ1n) is 7.48. The topological polar surface area (TPSA) is 29.5 Å². The van der Waals surface area contributed by atoms with Crippen molar-refractivity contribution in [2.75, 3.05) is 13.2 Å². The maximum Gasteiger partial charge on any atom is 0.166 e. The molecule has 0 radical (unpaired) electrons. The van der Waals surface area contributed by atoms with Crippen LogP contribution in [-0.2, 0) is 0 Å². The van der Waals surface area contributed by atoms with Crippen LogP contribution >= 0.6 is 12.4 Å². The lowest BCUT2D eigenvalue weighted by atomic mass is 10.1. The summed E-state index contributed by atoms with van der Waals surface area (Å²) >= 11 is 0. The van der Waals surface area contributed by atoms with Crippen molar-refractivity contribution in [2.45, 2.75) is 53.1 Å². The van der Waals surface area contributed by atoms with Gasteiger partial charge in [0.1, 0.15) is 12.4 Å². The first kappa shape index (κ1) is 19.9. The van der Waals surface area contributed by atoms with Crippen LogP contribution < -0.4 is 4.74 Å². The number of halogens is 1. The zero-order valence-corrected chi connectivity index (χ0v) is 14.6. The highest BCUT2D eigenvalue weighted by Gasteiger charge is 2.14. The number of rotatable bonds is 8. The maximum atomic E-state index is 11.9. The van der Waals surface area contributed by atoms with Crippen LogP contribution in [-0.4, -0.2) is 35.9 Å². The first-order chi connectivity index (χ1) is 9.47. The molecule has 0 bridgehead atoms. The van der Waals surface area contributed by atoms with E-state index in [1.807, 2.05) is 31.2 Å². The fourth-order valence-corrected chi connectivity index (χ4v) is 2.39. The van der Waals surface area contributed by atoms with Crippen molar-refractivity contribution in [3.8, 4) is 5.75 Å². The van der Waals surface area contributed by atoms with Gasteiger partial charge in [0.05, 0.1) is 5.56 Å². The Hall–Kier alpha value is -1.06. The van der Waals surface area contributed by atoms with Gasteiger partial charge in [-0.3, -0.25) is 9.69 Å². The molecule has 0 unspecified atom stereocenters. The Kier molecular flexibility index (Phi) is 9.31. The standard InChI is InChI=1S/C17H27NO2.ClH/c1-6-16(19)15-9-7-8-10-17(15)20-12-11-18(13(2)3)14(4)5;/h7-10,13-14H,6,11-12H2,1-5H3;1H. The molecule has 0 atom stereocenters. The molecule has 1 rings (SSSR count). The highest BCUT2D eigenvalue weighted by molar-refractivity contribution is 5.98. The van der Waals surface area contributed by atoms with Crippen LogP contribution in [0, 0.1) is 0 Å². The van der Waals surface area contributed by atoms with E-state index in [-0.39, 0.29) is 18.2 Å². The monoisotopic (exact) mass is 313 g/mol. The Labute approximate surface area is 135 Å². The molecular formula is C17H28ClNO2. The summed E-state index contributed by atoms with van der Waals surface area (Å²) in [6.45, 7) is 12.1. The summed E-state index contributed by atoms with van der Waals surface area (Å²) in [7, 11) is 0. The van der Waals surface area contributed by atoms with E-state index in [2.05, 4.69) is 32.6 Å². The van der Waals surface area contributed by atoms with Gasteiger partial charge in [-0.2, -0.15) is 0 Å². The quantitative estimate of drug-likeness (QED) is 0.674. The van der Waals surface area contributed by atoms with Crippen LogP contribution in [0.4, 0.5) is 0 Å². The minimum absolute atomic E-state index is 0. The molecule has 1 aromatic carbocycles. The molecule has 0 saturated carbocycles. The number of hydrogen-bond acceptors (Lipinski definition) is 3. The molecule has 0 aliphatic heterocycles. The predicted molar refractivity (Wildman–Crippen MR) is 90.8 cm³/mol. The Morgan fingerprint density at radius 1 is 1.14 bits per heavy atom. The second-order valence-corrected chi connectivity index (χ2v) is 5.55. The Bertz CT molecular complexity index is 425. The molecule has 0 N–H and O–H groups in total. The highest BCUT2D eigenvalue weighted by Crippen LogP contribution is 2.19. The van der Waals surface area contributed by atoms with Gasteiger partial charge in [-0.25, -0.2) is 0 Å². The van der Waals surface area contributed by atoms with Crippen molar-refractivity contribution in [3.63, 3.8) is 0 Å². The van der Waals surface area contributed by atoms with Crippen LogP contribution in [0.1, 0.15) is 51.4 Å². The van der Waals surface area contributed by atoms with Crippen LogP contribution in [0.5, 0.6) is 5.75 Å². The molecule has 21 heavy (non-hydrogen) atoms. The van der Waals surface area contributed by atoms with Crippen LogP contribution in [0.2, 0.25) is 0 Å².